The van der Waals surface area contributed by atoms with Gasteiger partial charge in [0.05, 0.1) is 18.6 Å². The van der Waals surface area contributed by atoms with Crippen LogP contribution < -0.4 is 0 Å². The second-order valence-electron chi connectivity index (χ2n) is 7.46. The smallest absolute Gasteiger partial charge is 0.264 e. The molecule has 178 valence electrons. The van der Waals surface area contributed by atoms with E-state index in [1.165, 1.54) is 0 Å². The van der Waals surface area contributed by atoms with E-state index in [2.05, 4.69) is 10.6 Å². The van der Waals surface area contributed by atoms with Crippen molar-refractivity contribution in [3.63, 3.8) is 0 Å². The van der Waals surface area contributed by atoms with Gasteiger partial charge in [-0.3, -0.25) is 8.98 Å². The third-order valence-corrected chi connectivity index (χ3v) is 7.45. The maximum absolute atomic E-state index is 13.5. The lowest BCUT2D eigenvalue weighted by Gasteiger charge is -2.30. The minimum Gasteiger partial charge on any atom is -0.342 e. The van der Waals surface area contributed by atoms with Gasteiger partial charge in [0.25, 0.3) is 10.1 Å². The third-order valence-electron chi connectivity index (χ3n) is 5.57. The molecule has 0 bridgehead atoms. The molecule has 6 nitrogen and oxygen atoms in total. The topological polar surface area (TPSA) is 68.6 Å². The maximum Gasteiger partial charge on any atom is 0.264 e. The zero-order chi connectivity index (χ0) is 24.2. The van der Waals surface area contributed by atoms with Crippen LogP contribution in [0.15, 0.2) is 53.4 Å². The molecule has 4 rings (SSSR count). The molecule has 1 atom stereocenters. The fourth-order valence-electron chi connectivity index (χ4n) is 4.22. The van der Waals surface area contributed by atoms with Crippen LogP contribution in [0.25, 0.3) is 22.2 Å². The summed E-state index contributed by atoms with van der Waals surface area (Å²) in [4.78, 5) is 16.4. The predicted octanol–water partition coefficient (Wildman–Crippen LogP) is 5.33. The third kappa shape index (κ3) is 5.13. The maximum atomic E-state index is 13.5. The zero-order valence-corrected chi connectivity index (χ0v) is 21.5. The summed E-state index contributed by atoms with van der Waals surface area (Å²) < 4.78 is 30.2. The van der Waals surface area contributed by atoms with Crippen molar-refractivity contribution in [2.24, 2.45) is 0 Å². The number of aromatic nitrogens is 1. The van der Waals surface area contributed by atoms with Gasteiger partial charge >= 0.3 is 0 Å². The molecule has 0 N–H and O–H groups in total. The Balaban J connectivity index is 0.00000149. The Hall–Kier alpha value is -2.29. The van der Waals surface area contributed by atoms with E-state index < -0.39 is 10.1 Å². The molecule has 1 amide bonds. The van der Waals surface area contributed by atoms with E-state index in [0.717, 1.165) is 38.9 Å². The highest BCUT2D eigenvalue weighted by molar-refractivity contribution is 8.00. The van der Waals surface area contributed by atoms with Gasteiger partial charge in [0.1, 0.15) is 5.25 Å². The molecule has 0 spiro atoms. The van der Waals surface area contributed by atoms with Gasteiger partial charge in [-0.05, 0) is 26.0 Å². The largest absolute Gasteiger partial charge is 0.342 e. The number of rotatable bonds is 7. The van der Waals surface area contributed by atoms with Gasteiger partial charge in [-0.25, -0.2) is 0 Å². The Morgan fingerprint density at radius 3 is 2.36 bits per heavy atom. The fourth-order valence-corrected chi connectivity index (χ4v) is 5.91. The fraction of sp³-hybridized carbons (Fsp3) is 0.400. The lowest BCUT2D eigenvalue weighted by atomic mass is 10.0. The summed E-state index contributed by atoms with van der Waals surface area (Å²) in [5.41, 5.74) is 4.00. The van der Waals surface area contributed by atoms with Crippen LogP contribution in [-0.4, -0.2) is 49.7 Å². The highest BCUT2D eigenvalue weighted by Gasteiger charge is 2.37. The molecule has 2 aromatic carbocycles. The van der Waals surface area contributed by atoms with Crippen LogP contribution in [0.1, 0.15) is 38.5 Å². The number of para-hydroxylation sites is 1. The predicted molar refractivity (Wildman–Crippen MR) is 136 cm³/mol. The van der Waals surface area contributed by atoms with Crippen LogP contribution in [0.5, 0.6) is 0 Å². The van der Waals surface area contributed by atoms with Gasteiger partial charge < -0.3 is 9.47 Å². The van der Waals surface area contributed by atoms with E-state index in [0.29, 0.717) is 19.6 Å². The molecular formula is C25H32N2O4S2. The van der Waals surface area contributed by atoms with Crippen LogP contribution in [0, 0.1) is 0 Å². The summed E-state index contributed by atoms with van der Waals surface area (Å²) in [6.07, 6.45) is 1.06. The summed E-state index contributed by atoms with van der Waals surface area (Å²) in [6.45, 7) is 9.71. The first-order valence-electron chi connectivity index (χ1n) is 11.4. The minimum absolute atomic E-state index is 0.0356. The molecule has 1 aliphatic heterocycles. The Kier molecular flexibility index (Phi) is 8.26. The first kappa shape index (κ1) is 25.3. The van der Waals surface area contributed by atoms with E-state index in [9.17, 15) is 13.2 Å². The Labute approximate surface area is 201 Å². The van der Waals surface area contributed by atoms with Crippen LogP contribution >= 0.6 is 11.8 Å². The molecular weight excluding hydrogens is 456 g/mol. The van der Waals surface area contributed by atoms with Gasteiger partial charge in [0.15, 0.2) is 0 Å². The normalized spacial score (nSPS) is 14.8. The van der Waals surface area contributed by atoms with Crippen molar-refractivity contribution in [1.82, 2.24) is 9.47 Å². The molecule has 1 aromatic heterocycles. The second kappa shape index (κ2) is 10.8. The van der Waals surface area contributed by atoms with Crippen molar-refractivity contribution in [3.05, 3.63) is 54.1 Å². The Morgan fingerprint density at radius 2 is 1.70 bits per heavy atom. The Morgan fingerprint density at radius 1 is 1.06 bits per heavy atom. The summed E-state index contributed by atoms with van der Waals surface area (Å²) >= 11 is 1.59. The van der Waals surface area contributed by atoms with Gasteiger partial charge in [-0.2, -0.15) is 8.42 Å². The molecule has 2 heterocycles. The van der Waals surface area contributed by atoms with Crippen molar-refractivity contribution < 1.29 is 17.4 Å². The number of nitrogens with zero attached hydrogens (tertiary/aromatic N) is 2. The van der Waals surface area contributed by atoms with Crippen LogP contribution in [0.3, 0.4) is 0 Å². The van der Waals surface area contributed by atoms with Crippen LogP contribution in [0.4, 0.5) is 0 Å². The van der Waals surface area contributed by atoms with Gasteiger partial charge in [-0.15, -0.1) is 11.8 Å². The molecule has 0 fully saturated rings. The second-order valence-corrected chi connectivity index (χ2v) is 10.3. The van der Waals surface area contributed by atoms with Crippen molar-refractivity contribution in [2.45, 2.75) is 44.4 Å². The monoisotopic (exact) mass is 488 g/mol. The molecule has 1 aliphatic rings. The average Bonchev–Trinajstić information content (AvgIpc) is 3.15. The molecule has 0 radical (unpaired) electrons. The van der Waals surface area contributed by atoms with Crippen molar-refractivity contribution in [1.29, 1.82) is 0 Å². The van der Waals surface area contributed by atoms with E-state index in [-0.39, 0.29) is 17.8 Å². The molecule has 0 saturated carbocycles. The summed E-state index contributed by atoms with van der Waals surface area (Å²) in [6, 6.07) is 16.1. The number of amides is 1. The number of carbonyl (C=O) groups is 1. The summed E-state index contributed by atoms with van der Waals surface area (Å²) in [7, 11) is -3.53. The number of benzene rings is 2. The van der Waals surface area contributed by atoms with E-state index >= 15 is 0 Å². The molecule has 33 heavy (non-hydrogen) atoms. The summed E-state index contributed by atoms with van der Waals surface area (Å²) in [5, 5.41) is 0.663. The molecule has 1 unspecified atom stereocenters. The molecule has 0 saturated heterocycles. The average molecular weight is 489 g/mol. The number of hydrogen-bond donors (Lipinski definition) is 0. The Bertz CT molecular complexity index is 1230. The first-order chi connectivity index (χ1) is 15.9. The van der Waals surface area contributed by atoms with Crippen LogP contribution in [-0.2, 0) is 25.6 Å². The van der Waals surface area contributed by atoms with E-state index in [1.54, 1.807) is 11.8 Å². The van der Waals surface area contributed by atoms with Crippen molar-refractivity contribution in [3.8, 4) is 11.3 Å². The number of fused-ring (bicyclic) bond motifs is 5. The van der Waals surface area contributed by atoms with Gasteiger partial charge in [0.2, 0.25) is 5.91 Å². The number of carbonyl (C=O) groups excluding carboxylic acids is 1. The summed E-state index contributed by atoms with van der Waals surface area (Å²) in [5.74, 6) is 0.0982. The highest BCUT2D eigenvalue weighted by Crippen LogP contribution is 2.53. The lowest BCUT2D eigenvalue weighted by Crippen LogP contribution is -2.34. The highest BCUT2D eigenvalue weighted by atomic mass is 32.2. The first-order valence-corrected chi connectivity index (χ1v) is 14.1. The van der Waals surface area contributed by atoms with Gasteiger partial charge in [0, 0.05) is 46.6 Å². The van der Waals surface area contributed by atoms with E-state index in [1.807, 2.05) is 75.1 Å². The van der Waals surface area contributed by atoms with Crippen molar-refractivity contribution >= 4 is 38.7 Å². The van der Waals surface area contributed by atoms with Crippen molar-refractivity contribution in [2.75, 3.05) is 26.0 Å². The SMILES string of the molecule is CC.CCN(CC)C(=O)C1Sc2ccccc2-c2c1c1ccccc1n2CCOS(C)(=O)=O. The molecule has 3 aromatic rings. The quantitative estimate of drug-likeness (QED) is 0.421. The standard InChI is InChI=1S/C23H26N2O4S2.C2H6/c1-4-24(5-2)23(26)22-20-16-10-6-8-12-18(16)25(14-15-29-31(3,27)28)21(20)17-11-7-9-13-19(17)30-22;1-2/h6-13,22H,4-5,14-15H2,1-3H3;1-2H3. The van der Waals surface area contributed by atoms with Crippen LogP contribution in [0.2, 0.25) is 0 Å². The number of thioether (sulfide) groups is 1. The number of likely N-dealkylation sites (N-methyl/N-ethyl adjacent to an activating group) is 1. The molecule has 0 aliphatic carbocycles. The molecule has 8 heteroatoms. The van der Waals surface area contributed by atoms with E-state index in [4.69, 9.17) is 4.18 Å². The number of hydrogen-bond acceptors (Lipinski definition) is 5. The lowest BCUT2D eigenvalue weighted by molar-refractivity contribution is -0.130. The zero-order valence-electron chi connectivity index (χ0n) is 19.9. The minimum atomic E-state index is -3.53. The van der Waals surface area contributed by atoms with Gasteiger partial charge in [-0.1, -0.05) is 50.2 Å².